The van der Waals surface area contributed by atoms with E-state index in [-0.39, 0.29) is 12.6 Å². The summed E-state index contributed by atoms with van der Waals surface area (Å²) in [6.45, 7) is 3.31. The number of hydrogen-bond donors (Lipinski definition) is 1. The Kier molecular flexibility index (Phi) is 5.26. The van der Waals surface area contributed by atoms with Crippen molar-refractivity contribution >= 4 is 5.97 Å². The molecule has 0 aromatic heterocycles. The second-order valence-electron chi connectivity index (χ2n) is 4.02. The zero-order valence-corrected chi connectivity index (χ0v) is 9.56. The van der Waals surface area contributed by atoms with Gasteiger partial charge in [0, 0.05) is 19.6 Å². The van der Waals surface area contributed by atoms with Gasteiger partial charge < -0.3 is 14.7 Å². The SMILES string of the molecule is C#CCN(CC(=O)O)CC1CN(C)CCO1. The normalized spacial score (nSPS) is 21.9. The van der Waals surface area contributed by atoms with E-state index in [0.717, 1.165) is 13.1 Å². The van der Waals surface area contributed by atoms with Crippen LogP contribution in [0.5, 0.6) is 0 Å². The number of aliphatic carboxylic acids is 1. The van der Waals surface area contributed by atoms with E-state index in [0.29, 0.717) is 19.7 Å². The minimum atomic E-state index is -0.862. The highest BCUT2D eigenvalue weighted by Crippen LogP contribution is 2.05. The van der Waals surface area contributed by atoms with Crippen molar-refractivity contribution in [2.45, 2.75) is 6.10 Å². The molecular formula is C11H18N2O3. The van der Waals surface area contributed by atoms with Gasteiger partial charge in [-0.15, -0.1) is 6.42 Å². The van der Waals surface area contributed by atoms with Crippen molar-refractivity contribution in [1.29, 1.82) is 0 Å². The van der Waals surface area contributed by atoms with Gasteiger partial charge in [0.25, 0.3) is 0 Å². The largest absolute Gasteiger partial charge is 0.480 e. The molecule has 0 spiro atoms. The summed E-state index contributed by atoms with van der Waals surface area (Å²) < 4.78 is 5.56. The van der Waals surface area contributed by atoms with E-state index in [2.05, 4.69) is 10.8 Å². The maximum Gasteiger partial charge on any atom is 0.317 e. The quantitative estimate of drug-likeness (QED) is 0.631. The monoisotopic (exact) mass is 226 g/mol. The van der Waals surface area contributed by atoms with Crippen LogP contribution in [0.3, 0.4) is 0 Å². The minimum absolute atomic E-state index is 0.0340. The summed E-state index contributed by atoms with van der Waals surface area (Å²) >= 11 is 0. The first-order chi connectivity index (χ1) is 7.61. The van der Waals surface area contributed by atoms with Gasteiger partial charge in [0.05, 0.1) is 25.8 Å². The van der Waals surface area contributed by atoms with Crippen LogP contribution in [-0.4, -0.2) is 73.4 Å². The van der Waals surface area contributed by atoms with E-state index in [1.54, 1.807) is 4.90 Å². The molecule has 1 atom stereocenters. The summed E-state index contributed by atoms with van der Waals surface area (Å²) in [7, 11) is 2.03. The van der Waals surface area contributed by atoms with Crippen LogP contribution in [0.2, 0.25) is 0 Å². The first kappa shape index (κ1) is 13.0. The summed E-state index contributed by atoms with van der Waals surface area (Å²) in [5.41, 5.74) is 0. The second kappa shape index (κ2) is 6.48. The fraction of sp³-hybridized carbons (Fsp3) is 0.727. The molecule has 1 rings (SSSR count). The number of ether oxygens (including phenoxy) is 1. The number of carboxylic acid groups (broad SMARTS) is 1. The third-order valence-corrected chi connectivity index (χ3v) is 2.48. The molecule has 0 amide bonds. The van der Waals surface area contributed by atoms with E-state index < -0.39 is 5.97 Å². The Balaban J connectivity index is 2.40. The van der Waals surface area contributed by atoms with E-state index in [4.69, 9.17) is 16.3 Å². The number of carboxylic acids is 1. The van der Waals surface area contributed by atoms with Gasteiger partial charge in [0.1, 0.15) is 0 Å². The van der Waals surface area contributed by atoms with Crippen LogP contribution in [0, 0.1) is 12.3 Å². The molecule has 5 heteroatoms. The first-order valence-electron chi connectivity index (χ1n) is 5.29. The summed E-state index contributed by atoms with van der Waals surface area (Å²) in [6.07, 6.45) is 5.25. The predicted octanol–water partition coefficient (Wildman–Crippen LogP) is -0.663. The molecular weight excluding hydrogens is 208 g/mol. The van der Waals surface area contributed by atoms with E-state index in [1.807, 2.05) is 7.05 Å². The van der Waals surface area contributed by atoms with E-state index in [1.165, 1.54) is 0 Å². The van der Waals surface area contributed by atoms with Gasteiger partial charge >= 0.3 is 5.97 Å². The van der Waals surface area contributed by atoms with Gasteiger partial charge in [0.15, 0.2) is 0 Å². The molecule has 0 bridgehead atoms. The fourth-order valence-corrected chi connectivity index (χ4v) is 1.77. The van der Waals surface area contributed by atoms with Gasteiger partial charge in [0.2, 0.25) is 0 Å². The molecule has 1 heterocycles. The third-order valence-electron chi connectivity index (χ3n) is 2.48. The van der Waals surface area contributed by atoms with Crippen LogP contribution >= 0.6 is 0 Å². The predicted molar refractivity (Wildman–Crippen MR) is 60.1 cm³/mol. The van der Waals surface area contributed by atoms with Crippen LogP contribution in [0.25, 0.3) is 0 Å². The maximum absolute atomic E-state index is 10.6. The number of hydrogen-bond acceptors (Lipinski definition) is 4. The van der Waals surface area contributed by atoms with E-state index >= 15 is 0 Å². The van der Waals surface area contributed by atoms with Crippen LogP contribution in [0.4, 0.5) is 0 Å². The lowest BCUT2D eigenvalue weighted by atomic mass is 10.2. The molecule has 5 nitrogen and oxygen atoms in total. The molecule has 1 aliphatic rings. The van der Waals surface area contributed by atoms with Gasteiger partial charge in [-0.3, -0.25) is 9.69 Å². The van der Waals surface area contributed by atoms with Gasteiger partial charge in [-0.2, -0.15) is 0 Å². The molecule has 0 saturated carbocycles. The Hall–Kier alpha value is -1.09. The molecule has 0 aliphatic carbocycles. The Morgan fingerprint density at radius 2 is 2.50 bits per heavy atom. The zero-order valence-electron chi connectivity index (χ0n) is 9.56. The molecule has 1 saturated heterocycles. The number of likely N-dealkylation sites (N-methyl/N-ethyl adjacent to an activating group) is 1. The first-order valence-corrected chi connectivity index (χ1v) is 5.29. The Morgan fingerprint density at radius 1 is 1.75 bits per heavy atom. The number of carbonyl (C=O) groups is 1. The van der Waals surface area contributed by atoms with Crippen molar-refractivity contribution in [3.63, 3.8) is 0 Å². The zero-order chi connectivity index (χ0) is 12.0. The average Bonchev–Trinajstić information content (AvgIpc) is 2.16. The molecule has 1 fully saturated rings. The molecule has 1 unspecified atom stereocenters. The lowest BCUT2D eigenvalue weighted by Gasteiger charge is -2.32. The van der Waals surface area contributed by atoms with Crippen LogP contribution in [0.1, 0.15) is 0 Å². The topological polar surface area (TPSA) is 53.0 Å². The molecule has 90 valence electrons. The lowest BCUT2D eigenvalue weighted by molar-refractivity contribution is -0.138. The van der Waals surface area contributed by atoms with Gasteiger partial charge in [-0.25, -0.2) is 0 Å². The average molecular weight is 226 g/mol. The highest BCUT2D eigenvalue weighted by atomic mass is 16.5. The smallest absolute Gasteiger partial charge is 0.317 e. The van der Waals surface area contributed by atoms with Crippen molar-refractivity contribution in [2.75, 3.05) is 46.4 Å². The van der Waals surface area contributed by atoms with Gasteiger partial charge in [-0.1, -0.05) is 5.92 Å². The molecule has 16 heavy (non-hydrogen) atoms. The number of terminal acetylenes is 1. The van der Waals surface area contributed by atoms with Crippen molar-refractivity contribution in [3.05, 3.63) is 0 Å². The molecule has 1 aliphatic heterocycles. The molecule has 0 aromatic rings. The Morgan fingerprint density at radius 3 is 3.06 bits per heavy atom. The van der Waals surface area contributed by atoms with Crippen molar-refractivity contribution in [3.8, 4) is 12.3 Å². The third kappa shape index (κ3) is 4.62. The second-order valence-corrected chi connectivity index (χ2v) is 4.02. The summed E-state index contributed by atoms with van der Waals surface area (Å²) in [6, 6.07) is 0. The van der Waals surface area contributed by atoms with Crippen molar-refractivity contribution in [1.82, 2.24) is 9.80 Å². The lowest BCUT2D eigenvalue weighted by Crippen LogP contribution is -2.47. The Bertz CT molecular complexity index is 275. The molecule has 1 N–H and O–H groups in total. The van der Waals surface area contributed by atoms with Crippen molar-refractivity contribution in [2.24, 2.45) is 0 Å². The number of nitrogens with zero attached hydrogens (tertiary/aromatic N) is 2. The fourth-order valence-electron chi connectivity index (χ4n) is 1.77. The maximum atomic E-state index is 10.6. The summed E-state index contributed by atoms with van der Waals surface area (Å²) in [5.74, 6) is 1.61. The van der Waals surface area contributed by atoms with Gasteiger partial charge in [-0.05, 0) is 7.05 Å². The van der Waals surface area contributed by atoms with Crippen molar-refractivity contribution < 1.29 is 14.6 Å². The standard InChI is InChI=1S/C11H18N2O3/c1-3-4-13(9-11(14)15)8-10-7-12(2)5-6-16-10/h1,10H,4-9H2,2H3,(H,14,15). The number of morpholine rings is 1. The minimum Gasteiger partial charge on any atom is -0.480 e. The highest BCUT2D eigenvalue weighted by molar-refractivity contribution is 5.69. The molecule has 0 aromatic carbocycles. The van der Waals surface area contributed by atoms with Crippen LogP contribution < -0.4 is 0 Å². The van der Waals surface area contributed by atoms with Crippen LogP contribution in [-0.2, 0) is 9.53 Å². The van der Waals surface area contributed by atoms with Crippen LogP contribution in [0.15, 0.2) is 0 Å². The summed E-state index contributed by atoms with van der Waals surface area (Å²) in [4.78, 5) is 14.5. The summed E-state index contributed by atoms with van der Waals surface area (Å²) in [5, 5.41) is 8.73. The highest BCUT2D eigenvalue weighted by Gasteiger charge is 2.21. The van der Waals surface area contributed by atoms with E-state index in [9.17, 15) is 4.79 Å². The molecule has 0 radical (unpaired) electrons. The Labute approximate surface area is 96.0 Å². The number of rotatable bonds is 5.